The number of halogens is 5. The van der Waals surface area contributed by atoms with Crippen LogP contribution in [0.15, 0.2) is 24.3 Å². The van der Waals surface area contributed by atoms with Gasteiger partial charge in [-0.25, -0.2) is 0 Å². The molecule has 2 aromatic rings. The lowest BCUT2D eigenvalue weighted by Gasteiger charge is -2.30. The minimum atomic E-state index is -4.62. The second-order valence-electron chi connectivity index (χ2n) is 9.83. The lowest BCUT2D eigenvalue weighted by molar-refractivity contribution is -0.139. The summed E-state index contributed by atoms with van der Waals surface area (Å²) in [5.41, 5.74) is 0.0741. The van der Waals surface area contributed by atoms with E-state index in [2.05, 4.69) is 15.1 Å². The van der Waals surface area contributed by atoms with E-state index in [1.807, 2.05) is 14.0 Å². The van der Waals surface area contributed by atoms with Gasteiger partial charge in [-0.2, -0.15) is 18.3 Å². The number of hydrogen-bond donors (Lipinski definition) is 0. The first-order valence-electron chi connectivity index (χ1n) is 12.9. The molecule has 1 aliphatic heterocycles. The Morgan fingerprint density at radius 2 is 1.51 bits per heavy atom. The number of aromatic nitrogens is 2. The highest BCUT2D eigenvalue weighted by molar-refractivity contribution is 5.85. The van der Waals surface area contributed by atoms with E-state index >= 15 is 0 Å². The van der Waals surface area contributed by atoms with Crippen LogP contribution in [0.5, 0.6) is 11.6 Å². The maximum absolute atomic E-state index is 14.5. The van der Waals surface area contributed by atoms with Crippen molar-refractivity contribution >= 4 is 24.8 Å². The summed E-state index contributed by atoms with van der Waals surface area (Å²) < 4.78 is 55.5. The number of likely N-dealkylation sites (tertiary alicyclic amines) is 1. The summed E-state index contributed by atoms with van der Waals surface area (Å²) in [6, 6.07) is 6.95. The van der Waals surface area contributed by atoms with Crippen molar-refractivity contribution in [2.24, 2.45) is 0 Å². The van der Waals surface area contributed by atoms with Crippen LogP contribution in [0.4, 0.5) is 13.2 Å². The largest absolute Gasteiger partial charge is 0.490 e. The molecule has 0 spiro atoms. The molecular formula is C27H38Cl2F3N3O2. The zero-order valence-electron chi connectivity index (χ0n) is 21.6. The third-order valence-corrected chi connectivity index (χ3v) is 7.01. The second kappa shape index (κ2) is 14.4. The molecule has 5 nitrogen and oxygen atoms in total. The molecule has 0 amide bonds. The van der Waals surface area contributed by atoms with Gasteiger partial charge in [0.2, 0.25) is 5.88 Å². The lowest BCUT2D eigenvalue weighted by atomic mass is 9.95. The molecule has 1 aliphatic carbocycles. The highest BCUT2D eigenvalue weighted by atomic mass is 35.5. The smallest absolute Gasteiger partial charge is 0.422 e. The van der Waals surface area contributed by atoms with Crippen molar-refractivity contribution in [3.05, 3.63) is 35.5 Å². The van der Waals surface area contributed by atoms with Crippen molar-refractivity contribution < 1.29 is 22.6 Å². The topological polar surface area (TPSA) is 47.5 Å². The minimum Gasteiger partial charge on any atom is -0.490 e. The van der Waals surface area contributed by atoms with Crippen LogP contribution in [0.3, 0.4) is 0 Å². The molecule has 0 N–H and O–H groups in total. The van der Waals surface area contributed by atoms with E-state index in [9.17, 15) is 13.2 Å². The van der Waals surface area contributed by atoms with Gasteiger partial charge in [-0.3, -0.25) is 0 Å². The van der Waals surface area contributed by atoms with E-state index in [-0.39, 0.29) is 42.6 Å². The molecule has 0 atom stereocenters. The van der Waals surface area contributed by atoms with Crippen molar-refractivity contribution in [3.8, 4) is 22.8 Å². The fourth-order valence-electron chi connectivity index (χ4n) is 4.97. The fourth-order valence-corrected chi connectivity index (χ4v) is 4.97. The van der Waals surface area contributed by atoms with Crippen LogP contribution < -0.4 is 9.47 Å². The third-order valence-electron chi connectivity index (χ3n) is 7.01. The van der Waals surface area contributed by atoms with Crippen LogP contribution in [0.25, 0.3) is 11.1 Å². The quantitative estimate of drug-likeness (QED) is 0.332. The standard InChI is InChI=1S/C27H36F3N3O2.2ClH/c1-3-4-10-23-24(19-11-13-21(14-12-19)34-20-8-6-5-7-9-20)25(27(28,29)30)26(32-31-23)35-22-15-17-33(2)18-16-22;;/h11-14,20,22H,3-10,15-18H2,1-2H3;2*1H. The molecule has 1 aromatic carbocycles. The van der Waals surface area contributed by atoms with Crippen LogP contribution in [-0.4, -0.2) is 47.4 Å². The molecule has 1 saturated heterocycles. The van der Waals surface area contributed by atoms with Crippen LogP contribution in [0.2, 0.25) is 0 Å². The van der Waals surface area contributed by atoms with E-state index < -0.39 is 17.6 Å². The number of benzene rings is 1. The summed E-state index contributed by atoms with van der Waals surface area (Å²) in [5, 5.41) is 8.21. The van der Waals surface area contributed by atoms with Crippen molar-refractivity contribution in [3.63, 3.8) is 0 Å². The monoisotopic (exact) mass is 563 g/mol. The summed E-state index contributed by atoms with van der Waals surface area (Å²) in [6.07, 6.45) is 4.17. The van der Waals surface area contributed by atoms with Gasteiger partial charge in [-0.05, 0) is 76.1 Å². The van der Waals surface area contributed by atoms with Gasteiger partial charge in [0.25, 0.3) is 0 Å². The molecule has 4 rings (SSSR count). The van der Waals surface area contributed by atoms with Crippen molar-refractivity contribution in [2.45, 2.75) is 89.5 Å². The van der Waals surface area contributed by atoms with Crippen molar-refractivity contribution in [1.82, 2.24) is 15.1 Å². The Hall–Kier alpha value is -1.77. The van der Waals surface area contributed by atoms with Crippen LogP contribution in [0, 0.1) is 0 Å². The number of piperidine rings is 1. The molecule has 2 heterocycles. The first-order valence-corrected chi connectivity index (χ1v) is 12.9. The van der Waals surface area contributed by atoms with Gasteiger partial charge in [0.15, 0.2) is 0 Å². The van der Waals surface area contributed by atoms with Crippen LogP contribution in [-0.2, 0) is 12.6 Å². The summed E-state index contributed by atoms with van der Waals surface area (Å²) in [7, 11) is 2.00. The Kier molecular flexibility index (Phi) is 12.2. The van der Waals surface area contributed by atoms with Gasteiger partial charge in [-0.1, -0.05) is 31.9 Å². The Labute approximate surface area is 230 Å². The normalized spacial score (nSPS) is 17.5. The van der Waals surface area contributed by atoms with Gasteiger partial charge >= 0.3 is 6.18 Å². The van der Waals surface area contributed by atoms with Crippen molar-refractivity contribution in [1.29, 1.82) is 0 Å². The summed E-state index contributed by atoms with van der Waals surface area (Å²) >= 11 is 0. The predicted octanol–water partition coefficient (Wildman–Crippen LogP) is 7.53. The van der Waals surface area contributed by atoms with E-state index in [4.69, 9.17) is 9.47 Å². The zero-order valence-corrected chi connectivity index (χ0v) is 23.2. The fraction of sp³-hybridized carbons (Fsp3) is 0.630. The first-order chi connectivity index (χ1) is 16.8. The maximum atomic E-state index is 14.5. The van der Waals surface area contributed by atoms with Gasteiger partial charge in [-0.15, -0.1) is 29.9 Å². The Balaban J connectivity index is 0.00000241. The molecule has 208 valence electrons. The van der Waals surface area contributed by atoms with Gasteiger partial charge < -0.3 is 14.4 Å². The van der Waals surface area contributed by atoms with Gasteiger partial charge in [0.05, 0.1) is 11.8 Å². The molecule has 10 heteroatoms. The molecule has 2 aliphatic rings. The number of hydrogen-bond acceptors (Lipinski definition) is 5. The average Bonchev–Trinajstić information content (AvgIpc) is 2.85. The molecule has 0 unspecified atom stereocenters. The summed E-state index contributed by atoms with van der Waals surface area (Å²) in [4.78, 5) is 2.15. The molecular weight excluding hydrogens is 526 g/mol. The summed E-state index contributed by atoms with van der Waals surface area (Å²) in [6.45, 7) is 3.57. The first kappa shape index (κ1) is 31.4. The predicted molar refractivity (Wildman–Crippen MR) is 144 cm³/mol. The molecule has 0 bridgehead atoms. The van der Waals surface area contributed by atoms with E-state index in [0.717, 1.165) is 51.6 Å². The molecule has 1 saturated carbocycles. The molecule has 2 fully saturated rings. The van der Waals surface area contributed by atoms with Crippen molar-refractivity contribution in [2.75, 3.05) is 20.1 Å². The number of rotatable bonds is 8. The average molecular weight is 565 g/mol. The number of ether oxygens (including phenoxy) is 2. The Morgan fingerprint density at radius 1 is 0.892 bits per heavy atom. The number of unbranched alkanes of at least 4 members (excludes halogenated alkanes) is 1. The van der Waals surface area contributed by atoms with Gasteiger partial charge in [0.1, 0.15) is 17.4 Å². The Morgan fingerprint density at radius 3 is 2.11 bits per heavy atom. The van der Waals surface area contributed by atoms with Gasteiger partial charge in [0, 0.05) is 18.7 Å². The zero-order chi connectivity index (χ0) is 24.8. The second-order valence-corrected chi connectivity index (χ2v) is 9.83. The molecule has 1 aromatic heterocycles. The molecule has 37 heavy (non-hydrogen) atoms. The van der Waals surface area contributed by atoms with E-state index in [1.165, 1.54) is 6.42 Å². The van der Waals surface area contributed by atoms with Crippen LogP contribution >= 0.6 is 24.8 Å². The number of aryl methyl sites for hydroxylation is 1. The SMILES string of the molecule is CCCCc1nnc(OC2CCN(C)CC2)c(C(F)(F)F)c1-c1ccc(OC2CCCCC2)cc1.Cl.Cl. The number of nitrogens with zero attached hydrogens (tertiary/aromatic N) is 3. The lowest BCUT2D eigenvalue weighted by Crippen LogP contribution is -2.36. The summed E-state index contributed by atoms with van der Waals surface area (Å²) in [5.74, 6) is 0.277. The van der Waals surface area contributed by atoms with E-state index in [0.29, 0.717) is 36.3 Å². The maximum Gasteiger partial charge on any atom is 0.422 e. The Bertz CT molecular complexity index is 963. The highest BCUT2D eigenvalue weighted by Crippen LogP contribution is 2.44. The highest BCUT2D eigenvalue weighted by Gasteiger charge is 2.41. The minimum absolute atomic E-state index is 0. The van der Waals surface area contributed by atoms with Crippen LogP contribution in [0.1, 0.15) is 76.0 Å². The molecule has 0 radical (unpaired) electrons. The third kappa shape index (κ3) is 8.36. The van der Waals surface area contributed by atoms with E-state index in [1.54, 1.807) is 24.3 Å². The number of alkyl halides is 3.